The lowest BCUT2D eigenvalue weighted by Crippen LogP contribution is -2.45. The van der Waals surface area contributed by atoms with Crippen LogP contribution in [0.3, 0.4) is 0 Å². The first-order chi connectivity index (χ1) is 8.72. The van der Waals surface area contributed by atoms with Gasteiger partial charge in [-0.2, -0.15) is 0 Å². The number of benzene rings is 1. The van der Waals surface area contributed by atoms with Gasteiger partial charge in [-0.25, -0.2) is 0 Å². The van der Waals surface area contributed by atoms with Crippen LogP contribution >= 0.6 is 0 Å². The Morgan fingerprint density at radius 2 is 2.06 bits per heavy atom. The molecule has 0 radical (unpaired) electrons. The Balaban J connectivity index is 1.79. The van der Waals surface area contributed by atoms with Crippen molar-refractivity contribution in [1.29, 1.82) is 0 Å². The second-order valence-corrected chi connectivity index (χ2v) is 4.41. The van der Waals surface area contributed by atoms with Gasteiger partial charge in [0.1, 0.15) is 5.78 Å². The fourth-order valence-electron chi connectivity index (χ4n) is 2.06. The van der Waals surface area contributed by atoms with Gasteiger partial charge in [-0.3, -0.25) is 9.59 Å². The minimum absolute atomic E-state index is 0.0819. The quantitative estimate of drug-likeness (QED) is 0.742. The van der Waals surface area contributed by atoms with Crippen molar-refractivity contribution in [2.75, 3.05) is 13.7 Å². The predicted molar refractivity (Wildman–Crippen MR) is 64.7 cm³/mol. The molecule has 1 aliphatic rings. The van der Waals surface area contributed by atoms with Gasteiger partial charge >= 0.3 is 5.97 Å². The SMILES string of the molecule is COC(=O)C1CC(=O)C1COCc1ccccc1. The van der Waals surface area contributed by atoms with Gasteiger partial charge in [-0.15, -0.1) is 0 Å². The van der Waals surface area contributed by atoms with E-state index in [2.05, 4.69) is 4.74 Å². The van der Waals surface area contributed by atoms with Crippen molar-refractivity contribution in [3.05, 3.63) is 35.9 Å². The third kappa shape index (κ3) is 2.76. The number of Topliss-reactive ketones (excluding diaryl/α,β-unsaturated/α-hetero) is 1. The number of esters is 1. The minimum Gasteiger partial charge on any atom is -0.469 e. The lowest BCUT2D eigenvalue weighted by molar-refractivity contribution is -0.161. The number of ether oxygens (including phenoxy) is 2. The molecule has 0 bridgehead atoms. The van der Waals surface area contributed by atoms with Gasteiger partial charge in [-0.05, 0) is 5.56 Å². The van der Waals surface area contributed by atoms with Crippen LogP contribution < -0.4 is 0 Å². The Bertz CT molecular complexity index is 427. The summed E-state index contributed by atoms with van der Waals surface area (Å²) in [6.45, 7) is 0.742. The number of hydrogen-bond acceptors (Lipinski definition) is 4. The largest absolute Gasteiger partial charge is 0.469 e. The Kier molecular flexibility index (Phi) is 4.10. The van der Waals surface area contributed by atoms with E-state index in [1.807, 2.05) is 30.3 Å². The highest BCUT2D eigenvalue weighted by molar-refractivity contribution is 5.96. The molecule has 0 heterocycles. The van der Waals surface area contributed by atoms with Crippen molar-refractivity contribution in [3.63, 3.8) is 0 Å². The van der Waals surface area contributed by atoms with Crippen LogP contribution in [-0.4, -0.2) is 25.5 Å². The van der Waals surface area contributed by atoms with Gasteiger partial charge in [0.2, 0.25) is 0 Å². The van der Waals surface area contributed by atoms with Gasteiger partial charge in [-0.1, -0.05) is 30.3 Å². The van der Waals surface area contributed by atoms with Gasteiger partial charge in [0, 0.05) is 6.42 Å². The van der Waals surface area contributed by atoms with Crippen molar-refractivity contribution in [2.24, 2.45) is 11.8 Å². The highest BCUT2D eigenvalue weighted by Crippen LogP contribution is 2.32. The summed E-state index contributed by atoms with van der Waals surface area (Å²) < 4.78 is 10.1. The number of methoxy groups -OCH3 is 1. The lowest BCUT2D eigenvalue weighted by atomic mass is 9.73. The highest BCUT2D eigenvalue weighted by Gasteiger charge is 2.45. The molecule has 96 valence electrons. The molecule has 2 unspecified atom stereocenters. The summed E-state index contributed by atoms with van der Waals surface area (Å²) in [5.41, 5.74) is 1.05. The third-order valence-corrected chi connectivity index (χ3v) is 3.23. The van der Waals surface area contributed by atoms with E-state index in [9.17, 15) is 9.59 Å². The molecular formula is C14H16O4. The zero-order valence-corrected chi connectivity index (χ0v) is 10.3. The Hall–Kier alpha value is -1.68. The average molecular weight is 248 g/mol. The van der Waals surface area contributed by atoms with Crippen LogP contribution in [0.25, 0.3) is 0 Å². The minimum atomic E-state index is -0.332. The molecule has 1 fully saturated rings. The van der Waals surface area contributed by atoms with Crippen LogP contribution in [0.1, 0.15) is 12.0 Å². The van der Waals surface area contributed by atoms with Crippen LogP contribution in [0.15, 0.2) is 30.3 Å². The summed E-state index contributed by atoms with van der Waals surface area (Å²) >= 11 is 0. The number of ketones is 1. The molecule has 0 saturated heterocycles. The molecule has 0 N–H and O–H groups in total. The summed E-state index contributed by atoms with van der Waals surface area (Å²) in [4.78, 5) is 22.8. The highest BCUT2D eigenvalue weighted by atomic mass is 16.5. The van der Waals surface area contributed by atoms with Crippen molar-refractivity contribution in [3.8, 4) is 0 Å². The van der Waals surface area contributed by atoms with E-state index in [0.717, 1.165) is 5.56 Å². The molecule has 4 heteroatoms. The van der Waals surface area contributed by atoms with Crippen LogP contribution in [0.5, 0.6) is 0 Å². The molecule has 1 saturated carbocycles. The first kappa shape index (κ1) is 12.8. The zero-order valence-electron chi connectivity index (χ0n) is 10.3. The van der Waals surface area contributed by atoms with Crippen molar-refractivity contribution in [2.45, 2.75) is 13.0 Å². The summed E-state index contributed by atoms with van der Waals surface area (Å²) in [6.07, 6.45) is 0.284. The van der Waals surface area contributed by atoms with E-state index in [1.54, 1.807) is 0 Å². The molecular weight excluding hydrogens is 232 g/mol. The molecule has 2 atom stereocenters. The molecule has 0 aliphatic heterocycles. The van der Waals surface area contributed by atoms with Crippen molar-refractivity contribution < 1.29 is 19.1 Å². The van der Waals surface area contributed by atoms with Gasteiger partial charge in [0.15, 0.2) is 0 Å². The maximum absolute atomic E-state index is 11.4. The molecule has 0 aromatic heterocycles. The van der Waals surface area contributed by atoms with Crippen LogP contribution in [-0.2, 0) is 25.7 Å². The van der Waals surface area contributed by atoms with Gasteiger partial charge in [0.25, 0.3) is 0 Å². The zero-order chi connectivity index (χ0) is 13.0. The molecule has 1 aromatic carbocycles. The van der Waals surface area contributed by atoms with E-state index in [4.69, 9.17) is 4.74 Å². The molecule has 4 nitrogen and oxygen atoms in total. The van der Waals surface area contributed by atoms with Gasteiger partial charge in [0.05, 0.1) is 32.2 Å². The normalized spacial score (nSPS) is 22.4. The lowest BCUT2D eigenvalue weighted by Gasteiger charge is -2.32. The summed E-state index contributed by atoms with van der Waals surface area (Å²) in [5.74, 6) is -0.888. The first-order valence-corrected chi connectivity index (χ1v) is 5.94. The number of carbonyl (C=O) groups is 2. The van der Waals surface area contributed by atoms with E-state index in [0.29, 0.717) is 6.61 Å². The van der Waals surface area contributed by atoms with Crippen LogP contribution in [0.2, 0.25) is 0 Å². The Morgan fingerprint density at radius 3 is 2.67 bits per heavy atom. The smallest absolute Gasteiger partial charge is 0.309 e. The predicted octanol–water partition coefficient (Wildman–Crippen LogP) is 1.58. The number of carbonyl (C=O) groups excluding carboxylic acids is 2. The first-order valence-electron chi connectivity index (χ1n) is 5.94. The summed E-state index contributed by atoms with van der Waals surface area (Å²) in [7, 11) is 1.34. The van der Waals surface area contributed by atoms with E-state index in [1.165, 1.54) is 7.11 Å². The van der Waals surface area contributed by atoms with E-state index >= 15 is 0 Å². The Labute approximate surface area is 106 Å². The van der Waals surface area contributed by atoms with Crippen LogP contribution in [0, 0.1) is 11.8 Å². The monoisotopic (exact) mass is 248 g/mol. The maximum atomic E-state index is 11.4. The second kappa shape index (κ2) is 5.78. The Morgan fingerprint density at radius 1 is 1.33 bits per heavy atom. The second-order valence-electron chi connectivity index (χ2n) is 4.41. The third-order valence-electron chi connectivity index (χ3n) is 3.23. The fourth-order valence-corrected chi connectivity index (χ4v) is 2.06. The fraction of sp³-hybridized carbons (Fsp3) is 0.429. The summed E-state index contributed by atoms with van der Waals surface area (Å²) in [6, 6.07) is 9.72. The maximum Gasteiger partial charge on any atom is 0.309 e. The number of hydrogen-bond donors (Lipinski definition) is 0. The van der Waals surface area contributed by atoms with Crippen LogP contribution in [0.4, 0.5) is 0 Å². The van der Waals surface area contributed by atoms with Gasteiger partial charge < -0.3 is 9.47 Å². The van der Waals surface area contributed by atoms with Crippen molar-refractivity contribution in [1.82, 2.24) is 0 Å². The molecule has 18 heavy (non-hydrogen) atoms. The molecule has 2 rings (SSSR count). The van der Waals surface area contributed by atoms with E-state index < -0.39 is 0 Å². The standard InChI is InChI=1S/C14H16O4/c1-17-14(16)11-7-13(15)12(11)9-18-8-10-5-3-2-4-6-10/h2-6,11-12H,7-9H2,1H3. The molecule has 1 aromatic rings. The molecule has 1 aliphatic carbocycles. The topological polar surface area (TPSA) is 52.6 Å². The van der Waals surface area contributed by atoms with Crippen molar-refractivity contribution >= 4 is 11.8 Å². The average Bonchev–Trinajstić information content (AvgIpc) is 2.41. The summed E-state index contributed by atoms with van der Waals surface area (Å²) in [5, 5.41) is 0. The molecule has 0 spiro atoms. The van der Waals surface area contributed by atoms with E-state index in [-0.39, 0.29) is 36.6 Å². The molecule has 0 amide bonds. The number of rotatable bonds is 5.